The molecule has 1 saturated carbocycles. The summed E-state index contributed by atoms with van der Waals surface area (Å²) >= 11 is 0. The second-order valence-corrected chi connectivity index (χ2v) is 6.86. The molecule has 0 saturated heterocycles. The first-order chi connectivity index (χ1) is 12.1. The van der Waals surface area contributed by atoms with E-state index in [4.69, 9.17) is 0 Å². The number of carboxylic acid groups (broad SMARTS) is 1. The van der Waals surface area contributed by atoms with Crippen molar-refractivity contribution in [3.8, 4) is 0 Å². The Morgan fingerprint density at radius 2 is 1.92 bits per heavy atom. The lowest BCUT2D eigenvalue weighted by Gasteiger charge is -2.29. The molecule has 0 atom stereocenters. The van der Waals surface area contributed by atoms with Crippen molar-refractivity contribution in [3.05, 3.63) is 52.8 Å². The van der Waals surface area contributed by atoms with Crippen LogP contribution in [-0.4, -0.2) is 38.2 Å². The Labute approximate surface area is 146 Å². The number of benzene rings is 1. The molecule has 2 aromatic rings. The van der Waals surface area contributed by atoms with Crippen LogP contribution in [0.2, 0.25) is 0 Å². The summed E-state index contributed by atoms with van der Waals surface area (Å²) in [7, 11) is 0. The normalized spacial score (nSPS) is 17.5. The zero-order valence-electron chi connectivity index (χ0n) is 14.0. The second kappa shape index (κ2) is 6.35. The van der Waals surface area contributed by atoms with Crippen molar-refractivity contribution in [3.63, 3.8) is 0 Å². The highest BCUT2D eigenvalue weighted by Crippen LogP contribution is 2.30. The van der Waals surface area contributed by atoms with Crippen LogP contribution in [0.5, 0.6) is 0 Å². The Kier molecular flexibility index (Phi) is 4.03. The summed E-state index contributed by atoms with van der Waals surface area (Å²) in [5, 5.41) is 13.6. The maximum absolute atomic E-state index is 13.0. The van der Waals surface area contributed by atoms with Crippen LogP contribution in [0.25, 0.3) is 0 Å². The molecule has 25 heavy (non-hydrogen) atoms. The van der Waals surface area contributed by atoms with Gasteiger partial charge in [-0.1, -0.05) is 18.9 Å². The third-order valence-electron chi connectivity index (χ3n) is 5.31. The third-order valence-corrected chi connectivity index (χ3v) is 5.31. The molecule has 0 unspecified atom stereocenters. The van der Waals surface area contributed by atoms with Gasteiger partial charge in [-0.3, -0.25) is 9.48 Å². The fourth-order valence-corrected chi connectivity index (χ4v) is 3.95. The average Bonchev–Trinajstić information content (AvgIpc) is 3.30. The van der Waals surface area contributed by atoms with Crippen LogP contribution in [0.15, 0.2) is 30.5 Å². The van der Waals surface area contributed by atoms with Crippen LogP contribution >= 0.6 is 0 Å². The summed E-state index contributed by atoms with van der Waals surface area (Å²) in [5.74, 6) is -0.957. The van der Waals surface area contributed by atoms with Crippen LogP contribution in [0.3, 0.4) is 0 Å². The quantitative estimate of drug-likeness (QED) is 0.933. The Morgan fingerprint density at radius 3 is 2.68 bits per heavy atom. The summed E-state index contributed by atoms with van der Waals surface area (Å²) in [6, 6.07) is 7.30. The molecule has 0 radical (unpaired) electrons. The van der Waals surface area contributed by atoms with E-state index in [1.807, 2.05) is 10.7 Å². The summed E-state index contributed by atoms with van der Waals surface area (Å²) < 4.78 is 1.89. The van der Waals surface area contributed by atoms with Crippen LogP contribution in [0, 0.1) is 0 Å². The lowest BCUT2D eigenvalue weighted by atomic mass is 9.97. The van der Waals surface area contributed by atoms with Gasteiger partial charge in [0.1, 0.15) is 5.69 Å². The van der Waals surface area contributed by atoms with Crippen molar-refractivity contribution in [1.82, 2.24) is 14.7 Å². The van der Waals surface area contributed by atoms with Crippen molar-refractivity contribution in [2.45, 2.75) is 44.7 Å². The van der Waals surface area contributed by atoms with Crippen LogP contribution < -0.4 is 0 Å². The van der Waals surface area contributed by atoms with Gasteiger partial charge < -0.3 is 10.0 Å². The van der Waals surface area contributed by atoms with Gasteiger partial charge in [0.15, 0.2) is 0 Å². The predicted molar refractivity (Wildman–Crippen MR) is 91.6 cm³/mol. The zero-order valence-corrected chi connectivity index (χ0v) is 14.0. The fraction of sp³-hybridized carbons (Fsp3) is 0.421. The van der Waals surface area contributed by atoms with Crippen molar-refractivity contribution in [2.24, 2.45) is 0 Å². The van der Waals surface area contributed by atoms with Gasteiger partial charge >= 0.3 is 5.97 Å². The molecule has 130 valence electrons. The number of amides is 1. The lowest BCUT2D eigenvalue weighted by Crippen LogP contribution is -2.37. The Morgan fingerprint density at radius 1 is 1.12 bits per heavy atom. The SMILES string of the molecule is O=C(O)c1ccc2c(c1)CN(C(=O)c1ccnn1C1CCCC1)CC2. The van der Waals surface area contributed by atoms with Crippen molar-refractivity contribution in [1.29, 1.82) is 0 Å². The van der Waals surface area contributed by atoms with Crippen molar-refractivity contribution < 1.29 is 14.7 Å². The van der Waals surface area contributed by atoms with Crippen LogP contribution in [-0.2, 0) is 13.0 Å². The summed E-state index contributed by atoms with van der Waals surface area (Å²) in [6.07, 6.45) is 6.98. The van der Waals surface area contributed by atoms with E-state index in [0.717, 1.165) is 30.4 Å². The smallest absolute Gasteiger partial charge is 0.335 e. The number of carbonyl (C=O) groups excluding carboxylic acids is 1. The number of nitrogens with zero attached hydrogens (tertiary/aromatic N) is 3. The molecule has 1 amide bonds. The summed E-state index contributed by atoms with van der Waals surface area (Å²) in [4.78, 5) is 26.0. The van der Waals surface area contributed by atoms with E-state index in [-0.39, 0.29) is 11.5 Å². The molecule has 1 N–H and O–H groups in total. The minimum Gasteiger partial charge on any atom is -0.478 e. The van der Waals surface area contributed by atoms with Gasteiger partial charge in [0.2, 0.25) is 0 Å². The molecular formula is C19H21N3O3. The number of carboxylic acids is 1. The number of fused-ring (bicyclic) bond motifs is 1. The molecule has 0 bridgehead atoms. The van der Waals surface area contributed by atoms with Gasteiger partial charge in [-0.25, -0.2) is 4.79 Å². The van der Waals surface area contributed by atoms with E-state index in [2.05, 4.69) is 5.10 Å². The average molecular weight is 339 g/mol. The first kappa shape index (κ1) is 15.9. The zero-order chi connectivity index (χ0) is 17.4. The van der Waals surface area contributed by atoms with E-state index in [9.17, 15) is 14.7 Å². The fourth-order valence-electron chi connectivity index (χ4n) is 3.95. The van der Waals surface area contributed by atoms with Gasteiger partial charge in [-0.2, -0.15) is 5.10 Å². The van der Waals surface area contributed by atoms with E-state index >= 15 is 0 Å². The highest BCUT2D eigenvalue weighted by molar-refractivity contribution is 5.93. The number of aromatic carboxylic acids is 1. The molecule has 0 spiro atoms. The molecule has 6 nitrogen and oxygen atoms in total. The monoisotopic (exact) mass is 339 g/mol. The Bertz CT molecular complexity index is 821. The Balaban J connectivity index is 1.57. The number of aromatic nitrogens is 2. The number of rotatable bonds is 3. The summed E-state index contributed by atoms with van der Waals surface area (Å²) in [5.41, 5.74) is 2.96. The first-order valence-corrected chi connectivity index (χ1v) is 8.81. The van der Waals surface area contributed by atoms with E-state index in [0.29, 0.717) is 24.8 Å². The van der Waals surface area contributed by atoms with Gasteiger partial charge in [0.25, 0.3) is 5.91 Å². The maximum atomic E-state index is 13.0. The second-order valence-electron chi connectivity index (χ2n) is 6.86. The molecule has 2 aliphatic rings. The molecule has 1 aromatic carbocycles. The van der Waals surface area contributed by atoms with Gasteiger partial charge in [0.05, 0.1) is 11.6 Å². The van der Waals surface area contributed by atoms with E-state index < -0.39 is 5.97 Å². The lowest BCUT2D eigenvalue weighted by molar-refractivity contribution is 0.0696. The molecule has 1 fully saturated rings. The maximum Gasteiger partial charge on any atom is 0.335 e. The highest BCUT2D eigenvalue weighted by atomic mass is 16.4. The number of hydrogen-bond donors (Lipinski definition) is 1. The minimum atomic E-state index is -0.939. The third kappa shape index (κ3) is 2.92. The van der Waals surface area contributed by atoms with Crippen molar-refractivity contribution in [2.75, 3.05) is 6.54 Å². The molecule has 1 aliphatic carbocycles. The summed E-state index contributed by atoms with van der Waals surface area (Å²) in [6.45, 7) is 1.10. The van der Waals surface area contributed by atoms with E-state index in [1.165, 1.54) is 12.8 Å². The molecule has 1 aliphatic heterocycles. The van der Waals surface area contributed by atoms with Gasteiger partial charge in [-0.15, -0.1) is 0 Å². The minimum absolute atomic E-state index is 0.0178. The van der Waals surface area contributed by atoms with Gasteiger partial charge in [-0.05, 0) is 48.6 Å². The number of carbonyl (C=O) groups is 2. The number of hydrogen-bond acceptors (Lipinski definition) is 3. The first-order valence-electron chi connectivity index (χ1n) is 8.81. The molecule has 2 heterocycles. The molecule has 4 rings (SSSR count). The largest absolute Gasteiger partial charge is 0.478 e. The topological polar surface area (TPSA) is 75.4 Å². The molecule has 1 aromatic heterocycles. The van der Waals surface area contributed by atoms with Gasteiger partial charge in [0, 0.05) is 19.3 Å². The van der Waals surface area contributed by atoms with Crippen molar-refractivity contribution >= 4 is 11.9 Å². The predicted octanol–water partition coefficient (Wildman–Crippen LogP) is 2.89. The van der Waals surface area contributed by atoms with E-state index in [1.54, 1.807) is 29.3 Å². The highest BCUT2D eigenvalue weighted by Gasteiger charge is 2.27. The Hall–Kier alpha value is -2.63. The standard InChI is InChI=1S/C19H21N3O3/c23-18(17-7-9-20-22(17)16-3-1-2-4-16)21-10-8-13-5-6-14(19(24)25)11-15(13)12-21/h5-7,9,11,16H,1-4,8,10,12H2,(H,24,25). The molecule has 6 heteroatoms. The van der Waals surface area contributed by atoms with Crippen LogP contribution in [0.1, 0.15) is 63.7 Å². The van der Waals surface area contributed by atoms with Crippen LogP contribution in [0.4, 0.5) is 0 Å². The molecular weight excluding hydrogens is 318 g/mol.